The third kappa shape index (κ3) is 5.24. The average molecular weight is 428 g/mol. The highest BCUT2D eigenvalue weighted by atomic mass is 32.2. The van der Waals surface area contributed by atoms with Crippen molar-refractivity contribution in [3.05, 3.63) is 41.7 Å². The molecular formula is C23H33N5OS. The Labute approximate surface area is 184 Å². The van der Waals surface area contributed by atoms with E-state index in [1.165, 1.54) is 36.6 Å². The highest BCUT2D eigenvalue weighted by Gasteiger charge is 2.26. The van der Waals surface area contributed by atoms with Crippen molar-refractivity contribution in [3.8, 4) is 0 Å². The molecule has 2 fully saturated rings. The van der Waals surface area contributed by atoms with Crippen LogP contribution in [-0.2, 0) is 17.9 Å². The van der Waals surface area contributed by atoms with Crippen LogP contribution in [0.3, 0.4) is 0 Å². The fourth-order valence-corrected chi connectivity index (χ4v) is 5.41. The van der Waals surface area contributed by atoms with Crippen LogP contribution in [0.15, 0.2) is 35.5 Å². The molecule has 6 nitrogen and oxygen atoms in total. The molecule has 0 aliphatic carbocycles. The fourth-order valence-electron chi connectivity index (χ4n) is 4.57. The second-order valence-electron chi connectivity index (χ2n) is 8.39. The molecule has 3 heterocycles. The Balaban J connectivity index is 1.47. The number of benzene rings is 1. The molecule has 0 saturated carbocycles. The number of nitrogens with zero attached hydrogens (tertiary/aromatic N) is 5. The third-order valence-corrected chi connectivity index (χ3v) is 7.24. The van der Waals surface area contributed by atoms with Gasteiger partial charge < -0.3 is 9.47 Å². The molecule has 30 heavy (non-hydrogen) atoms. The number of amides is 1. The number of carbonyl (C=O) groups is 1. The predicted octanol–water partition coefficient (Wildman–Crippen LogP) is 3.81. The summed E-state index contributed by atoms with van der Waals surface area (Å²) < 4.78 is 2.21. The van der Waals surface area contributed by atoms with Gasteiger partial charge in [-0.15, -0.1) is 10.2 Å². The summed E-state index contributed by atoms with van der Waals surface area (Å²) in [6.45, 7) is 6.92. The van der Waals surface area contributed by atoms with Crippen LogP contribution in [0, 0.1) is 0 Å². The van der Waals surface area contributed by atoms with E-state index in [-0.39, 0.29) is 5.91 Å². The second kappa shape index (κ2) is 10.4. The minimum Gasteiger partial charge on any atom is -0.339 e. The van der Waals surface area contributed by atoms with Gasteiger partial charge in [0.05, 0.1) is 18.8 Å². The molecule has 162 valence electrons. The SMILES string of the molecule is CC[C@@H]1CCCCN1C(=O)CSc1nnc(CN2CCCC2)n1Cc1ccccc1. The van der Waals surface area contributed by atoms with E-state index in [4.69, 9.17) is 0 Å². The highest BCUT2D eigenvalue weighted by molar-refractivity contribution is 7.99. The normalized spacial score (nSPS) is 20.0. The Kier molecular flexibility index (Phi) is 7.44. The predicted molar refractivity (Wildman–Crippen MR) is 120 cm³/mol. The summed E-state index contributed by atoms with van der Waals surface area (Å²) in [5, 5.41) is 9.87. The quantitative estimate of drug-likeness (QED) is 0.600. The maximum absolute atomic E-state index is 12.9. The number of piperidine rings is 1. The molecule has 0 spiro atoms. The molecule has 1 atom stereocenters. The lowest BCUT2D eigenvalue weighted by molar-refractivity contribution is -0.132. The van der Waals surface area contributed by atoms with Gasteiger partial charge in [0.15, 0.2) is 5.16 Å². The van der Waals surface area contributed by atoms with E-state index in [0.29, 0.717) is 11.8 Å². The Morgan fingerprint density at radius 3 is 2.57 bits per heavy atom. The Morgan fingerprint density at radius 2 is 1.80 bits per heavy atom. The summed E-state index contributed by atoms with van der Waals surface area (Å²) in [7, 11) is 0. The summed E-state index contributed by atoms with van der Waals surface area (Å²) in [6, 6.07) is 10.9. The van der Waals surface area contributed by atoms with E-state index in [9.17, 15) is 4.79 Å². The minimum absolute atomic E-state index is 0.238. The van der Waals surface area contributed by atoms with Gasteiger partial charge >= 0.3 is 0 Å². The number of carbonyl (C=O) groups excluding carboxylic acids is 1. The van der Waals surface area contributed by atoms with E-state index >= 15 is 0 Å². The van der Waals surface area contributed by atoms with Crippen molar-refractivity contribution in [2.24, 2.45) is 0 Å². The number of thioether (sulfide) groups is 1. The molecule has 0 bridgehead atoms. The molecule has 0 unspecified atom stereocenters. The molecule has 1 aromatic heterocycles. The van der Waals surface area contributed by atoms with Crippen molar-refractivity contribution < 1.29 is 4.79 Å². The number of likely N-dealkylation sites (tertiary alicyclic amines) is 2. The second-order valence-corrected chi connectivity index (χ2v) is 9.33. The van der Waals surface area contributed by atoms with Gasteiger partial charge in [0.2, 0.25) is 5.91 Å². The molecule has 1 amide bonds. The summed E-state index contributed by atoms with van der Waals surface area (Å²) in [5.41, 5.74) is 1.23. The van der Waals surface area contributed by atoms with E-state index in [0.717, 1.165) is 63.0 Å². The van der Waals surface area contributed by atoms with Crippen LogP contribution in [0.4, 0.5) is 0 Å². The summed E-state index contributed by atoms with van der Waals surface area (Å²) >= 11 is 1.54. The number of hydrogen-bond acceptors (Lipinski definition) is 5. The van der Waals surface area contributed by atoms with Gasteiger partial charge in [-0.3, -0.25) is 9.69 Å². The van der Waals surface area contributed by atoms with Gasteiger partial charge in [0.25, 0.3) is 0 Å². The molecule has 0 radical (unpaired) electrons. The zero-order valence-corrected chi connectivity index (χ0v) is 18.8. The van der Waals surface area contributed by atoms with Crippen LogP contribution >= 0.6 is 11.8 Å². The number of hydrogen-bond donors (Lipinski definition) is 0. The average Bonchev–Trinajstić information content (AvgIpc) is 3.43. The summed E-state index contributed by atoms with van der Waals surface area (Å²) in [5.74, 6) is 1.68. The van der Waals surface area contributed by atoms with Crippen molar-refractivity contribution in [1.29, 1.82) is 0 Å². The standard InChI is InChI=1S/C23H33N5OS/c1-2-20-12-6-7-15-27(20)22(29)18-30-23-25-24-21(17-26-13-8-9-14-26)28(23)16-19-10-4-3-5-11-19/h3-5,10-11,20H,2,6-9,12-18H2,1H3/t20-/m1/s1. The smallest absolute Gasteiger partial charge is 0.233 e. The van der Waals surface area contributed by atoms with E-state index in [2.05, 4.69) is 55.8 Å². The van der Waals surface area contributed by atoms with Gasteiger partial charge in [-0.05, 0) is 57.2 Å². The minimum atomic E-state index is 0.238. The van der Waals surface area contributed by atoms with Gasteiger partial charge in [0, 0.05) is 12.6 Å². The maximum Gasteiger partial charge on any atom is 0.233 e. The Morgan fingerprint density at radius 1 is 1.03 bits per heavy atom. The number of rotatable bonds is 8. The highest BCUT2D eigenvalue weighted by Crippen LogP contribution is 2.24. The topological polar surface area (TPSA) is 54.3 Å². The third-order valence-electron chi connectivity index (χ3n) is 6.28. The van der Waals surface area contributed by atoms with Crippen LogP contribution in [0.5, 0.6) is 0 Å². The maximum atomic E-state index is 12.9. The fraction of sp³-hybridized carbons (Fsp3) is 0.609. The lowest BCUT2D eigenvalue weighted by Gasteiger charge is -2.35. The molecule has 2 saturated heterocycles. The molecule has 4 rings (SSSR count). The first kappa shape index (κ1) is 21.4. The molecule has 2 aliphatic heterocycles. The summed E-state index contributed by atoms with van der Waals surface area (Å²) in [4.78, 5) is 17.5. The van der Waals surface area contributed by atoms with Crippen molar-refractivity contribution in [1.82, 2.24) is 24.6 Å². The Hall–Kier alpha value is -1.86. The lowest BCUT2D eigenvalue weighted by atomic mass is 10.0. The monoisotopic (exact) mass is 427 g/mol. The van der Waals surface area contributed by atoms with Crippen molar-refractivity contribution in [2.75, 3.05) is 25.4 Å². The zero-order valence-electron chi connectivity index (χ0n) is 18.0. The first-order valence-corrected chi connectivity index (χ1v) is 12.3. The van der Waals surface area contributed by atoms with Crippen LogP contribution in [0.2, 0.25) is 0 Å². The molecule has 2 aromatic rings. The summed E-state index contributed by atoms with van der Waals surface area (Å²) in [6.07, 6.45) is 7.06. The van der Waals surface area contributed by atoms with Crippen LogP contribution in [0.1, 0.15) is 56.8 Å². The van der Waals surface area contributed by atoms with Crippen molar-refractivity contribution in [2.45, 2.75) is 69.7 Å². The molecule has 7 heteroatoms. The van der Waals surface area contributed by atoms with Gasteiger partial charge in [-0.2, -0.15) is 0 Å². The lowest BCUT2D eigenvalue weighted by Crippen LogP contribution is -2.44. The van der Waals surface area contributed by atoms with E-state index < -0.39 is 0 Å². The molecule has 1 aromatic carbocycles. The number of aromatic nitrogens is 3. The largest absolute Gasteiger partial charge is 0.339 e. The van der Waals surface area contributed by atoms with Crippen LogP contribution in [0.25, 0.3) is 0 Å². The first-order chi connectivity index (χ1) is 14.7. The van der Waals surface area contributed by atoms with Crippen molar-refractivity contribution in [3.63, 3.8) is 0 Å². The molecular weight excluding hydrogens is 394 g/mol. The van der Waals surface area contributed by atoms with E-state index in [1.54, 1.807) is 0 Å². The molecule has 2 aliphatic rings. The van der Waals surface area contributed by atoms with Crippen molar-refractivity contribution >= 4 is 17.7 Å². The van der Waals surface area contributed by atoms with E-state index in [1.807, 2.05) is 6.07 Å². The Bertz CT molecular complexity index is 818. The van der Waals surface area contributed by atoms with Crippen LogP contribution in [-0.4, -0.2) is 61.9 Å². The zero-order chi connectivity index (χ0) is 20.8. The van der Waals surface area contributed by atoms with Gasteiger partial charge in [-0.1, -0.05) is 49.0 Å². The first-order valence-electron chi connectivity index (χ1n) is 11.3. The van der Waals surface area contributed by atoms with Gasteiger partial charge in [-0.25, -0.2) is 0 Å². The molecule has 0 N–H and O–H groups in total. The van der Waals surface area contributed by atoms with Crippen LogP contribution < -0.4 is 0 Å². The van der Waals surface area contributed by atoms with Gasteiger partial charge in [0.1, 0.15) is 5.82 Å².